The van der Waals surface area contributed by atoms with E-state index < -0.39 is 0 Å². The lowest BCUT2D eigenvalue weighted by molar-refractivity contribution is 0.197. The van der Waals surface area contributed by atoms with Crippen LogP contribution in [0.1, 0.15) is 6.92 Å². The van der Waals surface area contributed by atoms with Crippen molar-refractivity contribution in [3.63, 3.8) is 0 Å². The summed E-state index contributed by atoms with van der Waals surface area (Å²) in [6.07, 6.45) is 1.84. The Morgan fingerprint density at radius 3 is 2.57 bits per heavy atom. The maximum atomic E-state index is 13.1. The van der Waals surface area contributed by atoms with Crippen LogP contribution in [-0.4, -0.2) is 55.4 Å². The number of ether oxygens (including phenoxy) is 2. The minimum absolute atomic E-state index is 0.0120. The Morgan fingerprint density at radius 2 is 1.82 bits per heavy atom. The van der Waals surface area contributed by atoms with Gasteiger partial charge in [0, 0.05) is 37.8 Å². The van der Waals surface area contributed by atoms with E-state index in [1.165, 1.54) is 0 Å². The summed E-state index contributed by atoms with van der Waals surface area (Å²) in [5.41, 5.74) is 1.99. The van der Waals surface area contributed by atoms with E-state index >= 15 is 0 Å². The molecule has 28 heavy (non-hydrogen) atoms. The number of aromatic nitrogens is 1. The highest BCUT2D eigenvalue weighted by Crippen LogP contribution is 2.29. The fraction of sp³-hybridized carbons (Fsp3) is 0.318. The average molecular weight is 379 g/mol. The number of hydrogen-bond donors (Lipinski definition) is 0. The predicted molar refractivity (Wildman–Crippen MR) is 111 cm³/mol. The van der Waals surface area contributed by atoms with Crippen molar-refractivity contribution in [3.05, 3.63) is 54.7 Å². The number of rotatable bonds is 4. The Morgan fingerprint density at radius 1 is 1.04 bits per heavy atom. The largest absolute Gasteiger partial charge is 0.497 e. The van der Waals surface area contributed by atoms with Crippen LogP contribution in [0.3, 0.4) is 0 Å². The van der Waals surface area contributed by atoms with Gasteiger partial charge in [-0.1, -0.05) is 12.1 Å². The monoisotopic (exact) mass is 379 g/mol. The number of anilines is 1. The Kier molecular flexibility index (Phi) is 5.10. The third-order valence-corrected chi connectivity index (χ3v) is 5.16. The predicted octanol–water partition coefficient (Wildman–Crippen LogP) is 3.84. The van der Waals surface area contributed by atoms with E-state index in [0.29, 0.717) is 19.7 Å². The van der Waals surface area contributed by atoms with Gasteiger partial charge in [0.05, 0.1) is 24.9 Å². The molecule has 4 rings (SSSR count). The first kappa shape index (κ1) is 18.2. The summed E-state index contributed by atoms with van der Waals surface area (Å²) >= 11 is 0. The van der Waals surface area contributed by atoms with Gasteiger partial charge in [0.25, 0.3) is 0 Å². The van der Waals surface area contributed by atoms with Crippen LogP contribution >= 0.6 is 0 Å². The maximum Gasteiger partial charge on any atom is 0.328 e. The molecule has 1 aromatic heterocycles. The van der Waals surface area contributed by atoms with E-state index in [0.717, 1.165) is 41.2 Å². The third kappa shape index (κ3) is 3.38. The van der Waals surface area contributed by atoms with Crippen molar-refractivity contribution in [2.45, 2.75) is 6.92 Å². The number of para-hydroxylation sites is 2. The number of carbonyl (C=O) groups is 1. The Bertz CT molecular complexity index is 974. The molecule has 6 nitrogen and oxygen atoms in total. The van der Waals surface area contributed by atoms with Gasteiger partial charge in [-0.15, -0.1) is 0 Å². The van der Waals surface area contributed by atoms with Gasteiger partial charge in [0.2, 0.25) is 0 Å². The van der Waals surface area contributed by atoms with Crippen LogP contribution in [0.25, 0.3) is 10.9 Å². The minimum atomic E-state index is 0.0120. The Balaban J connectivity index is 1.48. The van der Waals surface area contributed by atoms with Gasteiger partial charge in [-0.3, -0.25) is 4.57 Å². The lowest BCUT2D eigenvalue weighted by atomic mass is 10.2. The van der Waals surface area contributed by atoms with Crippen molar-refractivity contribution in [3.8, 4) is 11.5 Å². The summed E-state index contributed by atoms with van der Waals surface area (Å²) in [7, 11) is 1.65. The van der Waals surface area contributed by atoms with E-state index in [4.69, 9.17) is 9.47 Å². The molecule has 0 N–H and O–H groups in total. The topological polar surface area (TPSA) is 46.9 Å². The van der Waals surface area contributed by atoms with Crippen molar-refractivity contribution >= 4 is 22.6 Å². The van der Waals surface area contributed by atoms with Gasteiger partial charge >= 0.3 is 6.03 Å². The molecule has 2 heterocycles. The second-order valence-electron chi connectivity index (χ2n) is 6.77. The van der Waals surface area contributed by atoms with E-state index in [9.17, 15) is 4.79 Å². The quantitative estimate of drug-likeness (QED) is 0.691. The second kappa shape index (κ2) is 7.84. The number of benzene rings is 2. The highest BCUT2D eigenvalue weighted by atomic mass is 16.5. The molecule has 6 heteroatoms. The lowest BCUT2D eigenvalue weighted by Crippen LogP contribution is -2.50. The van der Waals surface area contributed by atoms with Gasteiger partial charge in [0.15, 0.2) is 0 Å². The number of piperazine rings is 1. The minimum Gasteiger partial charge on any atom is -0.497 e. The number of nitrogens with zero attached hydrogens (tertiary/aromatic N) is 3. The molecule has 1 aliphatic rings. The standard InChI is InChI=1S/C22H25N3O3/c1-3-28-21-7-5-4-6-20(21)23-12-14-24(15-13-23)22(26)25-11-10-17-16-18(27-2)8-9-19(17)25/h4-11,16H,3,12-15H2,1-2H3. The van der Waals surface area contributed by atoms with Crippen molar-refractivity contribution in [1.29, 1.82) is 0 Å². The van der Waals surface area contributed by atoms with Crippen LogP contribution in [0.2, 0.25) is 0 Å². The van der Waals surface area contributed by atoms with Crippen LogP contribution in [0.4, 0.5) is 10.5 Å². The third-order valence-electron chi connectivity index (χ3n) is 5.16. The van der Waals surface area contributed by atoms with Gasteiger partial charge in [0.1, 0.15) is 11.5 Å². The highest BCUT2D eigenvalue weighted by Gasteiger charge is 2.24. The fourth-order valence-corrected chi connectivity index (χ4v) is 3.70. The lowest BCUT2D eigenvalue weighted by Gasteiger charge is -2.36. The number of hydrogen-bond acceptors (Lipinski definition) is 4. The highest BCUT2D eigenvalue weighted by molar-refractivity contribution is 5.92. The van der Waals surface area contributed by atoms with E-state index in [2.05, 4.69) is 11.0 Å². The molecule has 0 aliphatic carbocycles. The molecule has 0 radical (unpaired) electrons. The molecule has 0 unspecified atom stereocenters. The van der Waals surface area contributed by atoms with Crippen LogP contribution in [-0.2, 0) is 0 Å². The first-order valence-electron chi connectivity index (χ1n) is 9.62. The van der Waals surface area contributed by atoms with Gasteiger partial charge in [-0.05, 0) is 43.3 Å². The molecule has 0 atom stereocenters. The number of carbonyl (C=O) groups excluding carboxylic acids is 1. The molecule has 0 bridgehead atoms. The fourth-order valence-electron chi connectivity index (χ4n) is 3.70. The number of methoxy groups -OCH3 is 1. The molecular formula is C22H25N3O3. The molecule has 1 aliphatic heterocycles. The SMILES string of the molecule is CCOc1ccccc1N1CCN(C(=O)n2ccc3cc(OC)ccc32)CC1. The summed E-state index contributed by atoms with van der Waals surface area (Å²) in [6.45, 7) is 5.54. The van der Waals surface area contributed by atoms with Crippen LogP contribution in [0.15, 0.2) is 54.7 Å². The van der Waals surface area contributed by atoms with E-state index in [1.807, 2.05) is 60.5 Å². The molecule has 0 spiro atoms. The molecule has 0 saturated carbocycles. The first-order chi connectivity index (χ1) is 13.7. The molecule has 3 aromatic rings. The Labute approximate surface area is 164 Å². The average Bonchev–Trinajstić information content (AvgIpc) is 3.17. The number of amides is 1. The molecule has 1 fully saturated rings. The molecule has 2 aromatic carbocycles. The maximum absolute atomic E-state index is 13.1. The summed E-state index contributed by atoms with van der Waals surface area (Å²) in [4.78, 5) is 17.2. The number of fused-ring (bicyclic) bond motifs is 1. The van der Waals surface area contributed by atoms with Crippen molar-refractivity contribution < 1.29 is 14.3 Å². The smallest absolute Gasteiger partial charge is 0.328 e. The van der Waals surface area contributed by atoms with Crippen LogP contribution < -0.4 is 14.4 Å². The normalized spacial score (nSPS) is 14.4. The van der Waals surface area contributed by atoms with Crippen LogP contribution in [0, 0.1) is 0 Å². The van der Waals surface area contributed by atoms with Crippen molar-refractivity contribution in [2.75, 3.05) is 44.8 Å². The zero-order valence-electron chi connectivity index (χ0n) is 16.3. The Hall–Kier alpha value is -3.15. The van der Waals surface area contributed by atoms with Gasteiger partial charge < -0.3 is 19.3 Å². The van der Waals surface area contributed by atoms with Crippen molar-refractivity contribution in [1.82, 2.24) is 9.47 Å². The summed E-state index contributed by atoms with van der Waals surface area (Å²) < 4.78 is 12.7. The zero-order chi connectivity index (χ0) is 19.5. The molecular weight excluding hydrogens is 354 g/mol. The summed E-state index contributed by atoms with van der Waals surface area (Å²) in [6, 6.07) is 15.8. The zero-order valence-corrected chi connectivity index (χ0v) is 16.3. The summed E-state index contributed by atoms with van der Waals surface area (Å²) in [5, 5.41) is 0.997. The summed E-state index contributed by atoms with van der Waals surface area (Å²) in [5.74, 6) is 1.69. The second-order valence-corrected chi connectivity index (χ2v) is 6.77. The first-order valence-corrected chi connectivity index (χ1v) is 9.62. The molecule has 1 saturated heterocycles. The van der Waals surface area contributed by atoms with Crippen molar-refractivity contribution in [2.24, 2.45) is 0 Å². The van der Waals surface area contributed by atoms with Gasteiger partial charge in [-0.25, -0.2) is 4.79 Å². The van der Waals surface area contributed by atoms with E-state index in [1.54, 1.807) is 11.7 Å². The van der Waals surface area contributed by atoms with Gasteiger partial charge in [-0.2, -0.15) is 0 Å². The van der Waals surface area contributed by atoms with Crippen LogP contribution in [0.5, 0.6) is 11.5 Å². The van der Waals surface area contributed by atoms with E-state index in [-0.39, 0.29) is 6.03 Å². The molecule has 146 valence electrons. The molecule has 1 amide bonds.